The predicted octanol–water partition coefficient (Wildman–Crippen LogP) is 2.94. The first-order valence-electron chi connectivity index (χ1n) is 5.64. The van der Waals surface area contributed by atoms with Gasteiger partial charge in [0.25, 0.3) is 0 Å². The fourth-order valence-corrected chi connectivity index (χ4v) is 2.41. The first kappa shape index (κ1) is 11.5. The molecule has 1 unspecified atom stereocenters. The summed E-state index contributed by atoms with van der Waals surface area (Å²) in [7, 11) is 0. The zero-order valence-corrected chi connectivity index (χ0v) is 10.2. The average Bonchev–Trinajstić information content (AvgIpc) is 2.61. The molecule has 1 aromatic rings. The van der Waals surface area contributed by atoms with Gasteiger partial charge in [0.1, 0.15) is 0 Å². The number of amides is 1. The van der Waals surface area contributed by atoms with Gasteiger partial charge in [-0.15, -0.1) is 11.6 Å². The van der Waals surface area contributed by atoms with Crippen LogP contribution in [0, 0.1) is 0 Å². The third kappa shape index (κ3) is 2.22. The van der Waals surface area contributed by atoms with Crippen LogP contribution in [0.15, 0.2) is 24.3 Å². The first-order chi connectivity index (χ1) is 7.72. The highest BCUT2D eigenvalue weighted by Crippen LogP contribution is 2.22. The molecule has 0 bridgehead atoms. The highest BCUT2D eigenvalue weighted by Gasteiger charge is 2.27. The quantitative estimate of drug-likeness (QED) is 0.741. The van der Waals surface area contributed by atoms with Crippen LogP contribution in [0.1, 0.15) is 30.9 Å². The standard InChI is InChI=1S/C13H16ClNO/c1-10-6-7-13(16)15(10)9-12-5-3-2-4-11(12)8-14/h2-5,10H,6-9H2,1H3. The molecule has 1 aromatic carbocycles. The maximum atomic E-state index is 11.7. The lowest BCUT2D eigenvalue weighted by Gasteiger charge is -2.22. The van der Waals surface area contributed by atoms with Crippen molar-refractivity contribution in [3.05, 3.63) is 35.4 Å². The maximum absolute atomic E-state index is 11.7. The van der Waals surface area contributed by atoms with E-state index in [1.807, 2.05) is 23.1 Å². The van der Waals surface area contributed by atoms with Gasteiger partial charge in [-0.05, 0) is 24.5 Å². The maximum Gasteiger partial charge on any atom is 0.223 e. The van der Waals surface area contributed by atoms with Crippen molar-refractivity contribution < 1.29 is 4.79 Å². The van der Waals surface area contributed by atoms with E-state index in [2.05, 4.69) is 13.0 Å². The molecule has 1 aliphatic rings. The van der Waals surface area contributed by atoms with E-state index in [1.165, 1.54) is 5.56 Å². The van der Waals surface area contributed by atoms with E-state index < -0.39 is 0 Å². The number of hydrogen-bond donors (Lipinski definition) is 0. The third-order valence-electron chi connectivity index (χ3n) is 3.23. The monoisotopic (exact) mass is 237 g/mol. The van der Waals surface area contributed by atoms with Gasteiger partial charge in [0.2, 0.25) is 5.91 Å². The molecule has 0 saturated carbocycles. The summed E-state index contributed by atoms with van der Waals surface area (Å²) in [5.41, 5.74) is 2.29. The van der Waals surface area contributed by atoms with E-state index in [0.717, 1.165) is 12.0 Å². The van der Waals surface area contributed by atoms with E-state index in [-0.39, 0.29) is 5.91 Å². The molecule has 0 aliphatic carbocycles. The number of halogens is 1. The molecule has 1 amide bonds. The number of benzene rings is 1. The fraction of sp³-hybridized carbons (Fsp3) is 0.462. The molecule has 1 atom stereocenters. The van der Waals surface area contributed by atoms with Crippen molar-refractivity contribution in [3.8, 4) is 0 Å². The Morgan fingerprint density at radius 2 is 2.06 bits per heavy atom. The van der Waals surface area contributed by atoms with Crippen LogP contribution < -0.4 is 0 Å². The minimum atomic E-state index is 0.261. The van der Waals surface area contributed by atoms with Gasteiger partial charge in [0.15, 0.2) is 0 Å². The summed E-state index contributed by atoms with van der Waals surface area (Å²) < 4.78 is 0. The minimum absolute atomic E-state index is 0.261. The third-order valence-corrected chi connectivity index (χ3v) is 3.52. The number of likely N-dealkylation sites (tertiary alicyclic amines) is 1. The molecule has 0 radical (unpaired) electrons. The van der Waals surface area contributed by atoms with E-state index >= 15 is 0 Å². The Balaban J connectivity index is 2.17. The van der Waals surface area contributed by atoms with Crippen molar-refractivity contribution in [1.29, 1.82) is 0 Å². The van der Waals surface area contributed by atoms with E-state index in [0.29, 0.717) is 24.9 Å². The Bertz CT molecular complexity index is 391. The van der Waals surface area contributed by atoms with Crippen molar-refractivity contribution in [2.24, 2.45) is 0 Å². The van der Waals surface area contributed by atoms with Gasteiger partial charge in [-0.1, -0.05) is 24.3 Å². The normalized spacial score (nSPS) is 20.5. The summed E-state index contributed by atoms with van der Waals surface area (Å²) in [6, 6.07) is 8.41. The van der Waals surface area contributed by atoms with Gasteiger partial charge >= 0.3 is 0 Å². The highest BCUT2D eigenvalue weighted by atomic mass is 35.5. The van der Waals surface area contributed by atoms with E-state index in [9.17, 15) is 4.79 Å². The topological polar surface area (TPSA) is 20.3 Å². The molecule has 0 spiro atoms. The largest absolute Gasteiger partial charge is 0.336 e. The van der Waals surface area contributed by atoms with Crippen molar-refractivity contribution in [3.63, 3.8) is 0 Å². The summed E-state index contributed by atoms with van der Waals surface area (Å²) in [5, 5.41) is 0. The van der Waals surface area contributed by atoms with Crippen LogP contribution in [0.2, 0.25) is 0 Å². The molecule has 1 aliphatic heterocycles. The second kappa shape index (κ2) is 4.88. The smallest absolute Gasteiger partial charge is 0.223 e. The van der Waals surface area contributed by atoms with Crippen LogP contribution in [0.5, 0.6) is 0 Å². The van der Waals surface area contributed by atoms with Gasteiger partial charge in [-0.25, -0.2) is 0 Å². The number of alkyl halides is 1. The fourth-order valence-electron chi connectivity index (χ4n) is 2.15. The van der Waals surface area contributed by atoms with Gasteiger partial charge < -0.3 is 4.90 Å². The molecule has 3 heteroatoms. The number of carbonyl (C=O) groups excluding carboxylic acids is 1. The van der Waals surface area contributed by atoms with Crippen LogP contribution in [0.25, 0.3) is 0 Å². The Morgan fingerprint density at radius 3 is 2.62 bits per heavy atom. The van der Waals surface area contributed by atoms with Crippen LogP contribution in [0.4, 0.5) is 0 Å². The van der Waals surface area contributed by atoms with Crippen molar-refractivity contribution in [2.75, 3.05) is 0 Å². The van der Waals surface area contributed by atoms with Gasteiger partial charge in [-0.3, -0.25) is 4.79 Å². The molecule has 0 aromatic heterocycles. The Kier molecular flexibility index (Phi) is 3.49. The van der Waals surface area contributed by atoms with Crippen LogP contribution in [-0.4, -0.2) is 16.8 Å². The summed E-state index contributed by atoms with van der Waals surface area (Å²) in [4.78, 5) is 13.6. The van der Waals surface area contributed by atoms with Crippen LogP contribution in [-0.2, 0) is 17.2 Å². The second-order valence-corrected chi connectivity index (χ2v) is 4.58. The number of nitrogens with zero attached hydrogens (tertiary/aromatic N) is 1. The molecule has 16 heavy (non-hydrogen) atoms. The number of hydrogen-bond acceptors (Lipinski definition) is 1. The SMILES string of the molecule is CC1CCC(=O)N1Cc1ccccc1CCl. The summed E-state index contributed by atoms with van der Waals surface area (Å²) in [6.45, 7) is 2.80. The summed E-state index contributed by atoms with van der Waals surface area (Å²) in [5.74, 6) is 0.768. The molecule has 1 heterocycles. The molecule has 2 rings (SSSR count). The first-order valence-corrected chi connectivity index (χ1v) is 6.18. The minimum Gasteiger partial charge on any atom is -0.336 e. The lowest BCUT2D eigenvalue weighted by molar-refractivity contribution is -0.129. The molecule has 1 saturated heterocycles. The van der Waals surface area contributed by atoms with Crippen molar-refractivity contribution >= 4 is 17.5 Å². The molecular weight excluding hydrogens is 222 g/mol. The molecule has 86 valence electrons. The lowest BCUT2D eigenvalue weighted by Crippen LogP contribution is -2.30. The van der Waals surface area contributed by atoms with E-state index in [1.54, 1.807) is 0 Å². The summed E-state index contributed by atoms with van der Waals surface area (Å²) in [6.07, 6.45) is 1.66. The number of carbonyl (C=O) groups is 1. The van der Waals surface area contributed by atoms with Crippen LogP contribution >= 0.6 is 11.6 Å². The highest BCUT2D eigenvalue weighted by molar-refractivity contribution is 6.17. The molecule has 1 fully saturated rings. The molecular formula is C13H16ClNO. The zero-order valence-electron chi connectivity index (χ0n) is 9.45. The van der Waals surface area contributed by atoms with Crippen LogP contribution in [0.3, 0.4) is 0 Å². The Hall–Kier alpha value is -1.02. The number of rotatable bonds is 3. The van der Waals surface area contributed by atoms with Gasteiger partial charge in [0, 0.05) is 24.9 Å². The molecule has 2 nitrogen and oxygen atoms in total. The molecule has 0 N–H and O–H groups in total. The summed E-state index contributed by atoms with van der Waals surface area (Å²) >= 11 is 5.89. The average molecular weight is 238 g/mol. The Labute approximate surface area is 101 Å². The zero-order chi connectivity index (χ0) is 11.5. The van der Waals surface area contributed by atoms with Gasteiger partial charge in [0.05, 0.1) is 0 Å². The van der Waals surface area contributed by atoms with Gasteiger partial charge in [-0.2, -0.15) is 0 Å². The van der Waals surface area contributed by atoms with E-state index in [4.69, 9.17) is 11.6 Å². The van der Waals surface area contributed by atoms with Crippen molar-refractivity contribution in [1.82, 2.24) is 4.90 Å². The van der Waals surface area contributed by atoms with Crippen molar-refractivity contribution in [2.45, 2.75) is 38.2 Å². The Morgan fingerprint density at radius 1 is 1.38 bits per heavy atom. The predicted molar refractivity (Wildman–Crippen MR) is 65.2 cm³/mol. The lowest BCUT2D eigenvalue weighted by atomic mass is 10.1. The second-order valence-electron chi connectivity index (χ2n) is 4.31.